The second-order valence-corrected chi connectivity index (χ2v) is 4.75. The third-order valence-corrected chi connectivity index (χ3v) is 2.86. The molecule has 102 valence electrons. The molecule has 2 rings (SSSR count). The molecule has 0 saturated heterocycles. The smallest absolute Gasteiger partial charge is 0.223 e. The van der Waals surface area contributed by atoms with Crippen LogP contribution in [0.25, 0.3) is 0 Å². The summed E-state index contributed by atoms with van der Waals surface area (Å²) in [5.74, 6) is 0.819. The van der Waals surface area contributed by atoms with E-state index in [-0.39, 0.29) is 5.95 Å². The zero-order valence-corrected chi connectivity index (χ0v) is 11.8. The number of halogens is 1. The van der Waals surface area contributed by atoms with Crippen molar-refractivity contribution in [1.29, 1.82) is 0 Å². The molecule has 0 aromatic carbocycles. The normalized spacial score (nSPS) is 10.7. The molecule has 2 heterocycles. The molecular weight excluding hydrogens is 264 g/mol. The fourth-order valence-corrected chi connectivity index (χ4v) is 2.06. The minimum absolute atomic E-state index is 0.175. The monoisotopic (exact) mass is 280 g/mol. The Morgan fingerprint density at radius 2 is 2.11 bits per heavy atom. The summed E-state index contributed by atoms with van der Waals surface area (Å²) in [6.07, 6.45) is 0.934. The fourth-order valence-electron chi connectivity index (χ4n) is 1.87. The average Bonchev–Trinajstić information content (AvgIpc) is 2.62. The van der Waals surface area contributed by atoms with E-state index in [0.717, 1.165) is 25.2 Å². The van der Waals surface area contributed by atoms with E-state index in [1.165, 1.54) is 5.69 Å². The Morgan fingerprint density at radius 3 is 2.74 bits per heavy atom. The van der Waals surface area contributed by atoms with Gasteiger partial charge < -0.3 is 11.1 Å². The highest BCUT2D eigenvalue weighted by Gasteiger charge is 2.02. The molecule has 0 radical (unpaired) electrons. The number of hydrogen-bond acceptors (Lipinski definition) is 5. The minimum atomic E-state index is 0.175. The number of nitrogen functional groups attached to an aromatic ring is 1. The number of aryl methyl sites for hydroxylation is 3. The van der Waals surface area contributed by atoms with Crippen molar-refractivity contribution in [1.82, 2.24) is 19.7 Å². The van der Waals surface area contributed by atoms with Crippen molar-refractivity contribution in [2.75, 3.05) is 17.6 Å². The van der Waals surface area contributed by atoms with Crippen LogP contribution in [0.1, 0.15) is 17.8 Å². The van der Waals surface area contributed by atoms with Gasteiger partial charge >= 0.3 is 0 Å². The predicted molar refractivity (Wildman–Crippen MR) is 76.3 cm³/mol. The highest BCUT2D eigenvalue weighted by Crippen LogP contribution is 2.12. The lowest BCUT2D eigenvalue weighted by molar-refractivity contribution is 0.573. The van der Waals surface area contributed by atoms with Crippen LogP contribution < -0.4 is 11.1 Å². The zero-order chi connectivity index (χ0) is 13.8. The van der Waals surface area contributed by atoms with E-state index in [9.17, 15) is 0 Å². The standard InChI is InChI=1S/C12H17ClN6/c1-8-6-9(2)19(18-8)5-3-4-15-11-7-10(13)16-12(14)17-11/h6-7H,3-5H2,1-2H3,(H3,14,15,16,17). The second-order valence-electron chi connectivity index (χ2n) is 4.36. The maximum absolute atomic E-state index is 5.80. The summed E-state index contributed by atoms with van der Waals surface area (Å²) in [5.41, 5.74) is 7.73. The lowest BCUT2D eigenvalue weighted by Crippen LogP contribution is -2.10. The average molecular weight is 281 g/mol. The number of rotatable bonds is 5. The quantitative estimate of drug-likeness (QED) is 0.647. The van der Waals surface area contributed by atoms with Crippen LogP contribution in [0.15, 0.2) is 12.1 Å². The number of nitrogens with two attached hydrogens (primary N) is 1. The highest BCUT2D eigenvalue weighted by atomic mass is 35.5. The van der Waals surface area contributed by atoms with Gasteiger partial charge in [0, 0.05) is 24.8 Å². The van der Waals surface area contributed by atoms with E-state index in [0.29, 0.717) is 11.0 Å². The van der Waals surface area contributed by atoms with Crippen molar-refractivity contribution in [2.45, 2.75) is 26.8 Å². The van der Waals surface area contributed by atoms with Crippen LogP contribution >= 0.6 is 11.6 Å². The molecule has 0 unspecified atom stereocenters. The summed E-state index contributed by atoms with van der Waals surface area (Å²) in [5, 5.41) is 7.91. The number of nitrogens with zero attached hydrogens (tertiary/aromatic N) is 4. The van der Waals surface area contributed by atoms with Crippen LogP contribution in [0.3, 0.4) is 0 Å². The first kappa shape index (κ1) is 13.6. The molecular formula is C12H17ClN6. The van der Waals surface area contributed by atoms with Crippen molar-refractivity contribution in [2.24, 2.45) is 0 Å². The van der Waals surface area contributed by atoms with E-state index in [1.54, 1.807) is 6.07 Å². The first-order valence-corrected chi connectivity index (χ1v) is 6.47. The third-order valence-electron chi connectivity index (χ3n) is 2.67. The molecule has 0 atom stereocenters. The van der Waals surface area contributed by atoms with Crippen LogP contribution in [0.4, 0.5) is 11.8 Å². The van der Waals surface area contributed by atoms with Crippen LogP contribution in [-0.4, -0.2) is 26.3 Å². The van der Waals surface area contributed by atoms with Gasteiger partial charge in [-0.2, -0.15) is 10.1 Å². The molecule has 7 heteroatoms. The topological polar surface area (TPSA) is 81.7 Å². The van der Waals surface area contributed by atoms with E-state index in [4.69, 9.17) is 17.3 Å². The molecule has 0 aliphatic rings. The lowest BCUT2D eigenvalue weighted by Gasteiger charge is -2.07. The molecule has 19 heavy (non-hydrogen) atoms. The summed E-state index contributed by atoms with van der Waals surface area (Å²) in [6, 6.07) is 3.72. The number of hydrogen-bond donors (Lipinski definition) is 2. The van der Waals surface area contributed by atoms with Crippen molar-refractivity contribution in [3.63, 3.8) is 0 Å². The van der Waals surface area contributed by atoms with Crippen molar-refractivity contribution < 1.29 is 0 Å². The van der Waals surface area contributed by atoms with E-state index in [1.807, 2.05) is 11.6 Å². The van der Waals surface area contributed by atoms with Crippen molar-refractivity contribution in [3.8, 4) is 0 Å². The Morgan fingerprint density at radius 1 is 1.32 bits per heavy atom. The maximum Gasteiger partial charge on any atom is 0.223 e. The zero-order valence-electron chi connectivity index (χ0n) is 11.0. The summed E-state index contributed by atoms with van der Waals surface area (Å²) in [4.78, 5) is 7.85. The molecule has 0 aliphatic carbocycles. The molecule has 6 nitrogen and oxygen atoms in total. The molecule has 2 aromatic rings. The van der Waals surface area contributed by atoms with Gasteiger partial charge in [0.15, 0.2) is 0 Å². The Balaban J connectivity index is 1.82. The summed E-state index contributed by atoms with van der Waals surface area (Å²) >= 11 is 5.80. The molecule has 0 amide bonds. The maximum atomic E-state index is 5.80. The van der Waals surface area contributed by atoms with Gasteiger partial charge in [-0.05, 0) is 26.3 Å². The van der Waals surface area contributed by atoms with Crippen molar-refractivity contribution in [3.05, 3.63) is 28.7 Å². The van der Waals surface area contributed by atoms with Crippen LogP contribution in [-0.2, 0) is 6.54 Å². The molecule has 0 bridgehead atoms. The fraction of sp³-hybridized carbons (Fsp3) is 0.417. The van der Waals surface area contributed by atoms with Gasteiger partial charge in [0.2, 0.25) is 5.95 Å². The highest BCUT2D eigenvalue weighted by molar-refractivity contribution is 6.29. The molecule has 0 aliphatic heterocycles. The molecule has 3 N–H and O–H groups in total. The van der Waals surface area contributed by atoms with E-state index >= 15 is 0 Å². The third kappa shape index (κ3) is 3.82. The molecule has 0 fully saturated rings. The summed E-state index contributed by atoms with van der Waals surface area (Å²) < 4.78 is 2.00. The van der Waals surface area contributed by atoms with Crippen LogP contribution in [0.5, 0.6) is 0 Å². The Bertz CT molecular complexity index is 545. The second kappa shape index (κ2) is 5.88. The molecule has 0 spiro atoms. The molecule has 2 aromatic heterocycles. The largest absolute Gasteiger partial charge is 0.370 e. The lowest BCUT2D eigenvalue weighted by atomic mass is 10.4. The minimum Gasteiger partial charge on any atom is -0.370 e. The van der Waals surface area contributed by atoms with E-state index < -0.39 is 0 Å². The first-order chi connectivity index (χ1) is 9.04. The first-order valence-electron chi connectivity index (χ1n) is 6.09. The number of aromatic nitrogens is 4. The summed E-state index contributed by atoms with van der Waals surface area (Å²) in [7, 11) is 0. The van der Waals surface area contributed by atoms with Gasteiger partial charge in [-0.25, -0.2) is 4.98 Å². The van der Waals surface area contributed by atoms with Gasteiger partial charge in [0.25, 0.3) is 0 Å². The number of anilines is 2. The van der Waals surface area contributed by atoms with Gasteiger partial charge in [-0.3, -0.25) is 4.68 Å². The predicted octanol–water partition coefficient (Wildman–Crippen LogP) is 2.03. The van der Waals surface area contributed by atoms with Gasteiger partial charge in [-0.1, -0.05) is 11.6 Å². The van der Waals surface area contributed by atoms with Crippen molar-refractivity contribution >= 4 is 23.4 Å². The SMILES string of the molecule is Cc1cc(C)n(CCCNc2cc(Cl)nc(N)n2)n1. The van der Waals surface area contributed by atoms with Crippen LogP contribution in [0.2, 0.25) is 5.15 Å². The van der Waals surface area contributed by atoms with E-state index in [2.05, 4.69) is 33.4 Å². The van der Waals surface area contributed by atoms with Gasteiger partial charge in [0.05, 0.1) is 5.69 Å². The van der Waals surface area contributed by atoms with Gasteiger partial charge in [-0.15, -0.1) is 0 Å². The van der Waals surface area contributed by atoms with Gasteiger partial charge in [0.1, 0.15) is 11.0 Å². The van der Waals surface area contributed by atoms with Crippen LogP contribution in [0, 0.1) is 13.8 Å². The molecule has 0 saturated carbocycles. The summed E-state index contributed by atoms with van der Waals surface area (Å²) in [6.45, 7) is 5.68. The Hall–Kier alpha value is -1.82. The Labute approximate surface area is 117 Å². The Kier molecular flexibility index (Phi) is 4.21. The number of nitrogens with one attached hydrogen (secondary N) is 1.